The Labute approximate surface area is 164 Å². The molecule has 7 heteroatoms. The number of aliphatic carboxylic acids is 1. The molecule has 1 unspecified atom stereocenters. The van der Waals surface area contributed by atoms with E-state index >= 15 is 0 Å². The molecule has 2 rings (SSSR count). The summed E-state index contributed by atoms with van der Waals surface area (Å²) < 4.78 is 0.847. The molecule has 0 aliphatic heterocycles. The molecule has 1 saturated carbocycles. The minimum Gasteiger partial charge on any atom is -0.480 e. The van der Waals surface area contributed by atoms with Crippen molar-refractivity contribution < 1.29 is 14.7 Å². The van der Waals surface area contributed by atoms with Gasteiger partial charge in [0.05, 0.1) is 0 Å². The third kappa shape index (κ3) is 13.0. The minimum absolute atomic E-state index is 0.520. The molecule has 0 amide bonds. The molecule has 26 heavy (non-hydrogen) atoms. The summed E-state index contributed by atoms with van der Waals surface area (Å²) in [4.78, 5) is 20.3. The topological polar surface area (TPSA) is 132 Å². The SMILES string of the molecule is NC1CCCCC1.NCCCCC(N)C(=O)O.O=Cc1ccccc1Br. The van der Waals surface area contributed by atoms with E-state index in [-0.39, 0.29) is 0 Å². The number of carboxylic acid groups (broad SMARTS) is 1. The molecular weight excluding hydrogens is 398 g/mol. The number of carboxylic acids is 1. The zero-order valence-electron chi connectivity index (χ0n) is 15.3. The van der Waals surface area contributed by atoms with E-state index in [9.17, 15) is 9.59 Å². The Hall–Kier alpha value is -1.28. The smallest absolute Gasteiger partial charge is 0.320 e. The first kappa shape index (κ1) is 24.7. The van der Waals surface area contributed by atoms with Crippen molar-refractivity contribution in [1.82, 2.24) is 0 Å². The molecule has 1 aromatic rings. The average Bonchev–Trinajstić information content (AvgIpc) is 2.64. The highest BCUT2D eigenvalue weighted by atomic mass is 79.9. The quantitative estimate of drug-likeness (QED) is 0.405. The molecule has 1 aromatic carbocycles. The van der Waals surface area contributed by atoms with Gasteiger partial charge in [-0.2, -0.15) is 0 Å². The van der Waals surface area contributed by atoms with Crippen LogP contribution in [0.25, 0.3) is 0 Å². The molecule has 0 saturated heterocycles. The third-order valence-corrected chi connectivity index (χ3v) is 4.69. The van der Waals surface area contributed by atoms with Crippen molar-refractivity contribution in [2.75, 3.05) is 6.54 Å². The number of rotatable bonds is 6. The van der Waals surface area contributed by atoms with Gasteiger partial charge in [0.15, 0.2) is 6.29 Å². The number of hydrogen-bond acceptors (Lipinski definition) is 5. The molecule has 0 heterocycles. The van der Waals surface area contributed by atoms with Crippen molar-refractivity contribution >= 4 is 28.2 Å². The van der Waals surface area contributed by atoms with Crippen LogP contribution in [-0.4, -0.2) is 36.0 Å². The van der Waals surface area contributed by atoms with E-state index < -0.39 is 12.0 Å². The molecule has 0 spiro atoms. The lowest BCUT2D eigenvalue weighted by atomic mass is 9.97. The van der Waals surface area contributed by atoms with Gasteiger partial charge in [-0.25, -0.2) is 0 Å². The van der Waals surface area contributed by atoms with Gasteiger partial charge in [0.2, 0.25) is 0 Å². The van der Waals surface area contributed by atoms with E-state index in [4.69, 9.17) is 22.3 Å². The molecule has 0 aromatic heterocycles. The van der Waals surface area contributed by atoms with Crippen LogP contribution in [0.15, 0.2) is 28.7 Å². The monoisotopic (exact) mass is 429 g/mol. The fourth-order valence-corrected chi connectivity index (χ4v) is 2.72. The highest BCUT2D eigenvalue weighted by Crippen LogP contribution is 2.14. The van der Waals surface area contributed by atoms with Crippen LogP contribution in [0.5, 0.6) is 0 Å². The predicted molar refractivity (Wildman–Crippen MR) is 109 cm³/mol. The number of hydrogen-bond donors (Lipinski definition) is 4. The highest BCUT2D eigenvalue weighted by Gasteiger charge is 2.09. The summed E-state index contributed by atoms with van der Waals surface area (Å²) in [6, 6.07) is 7.12. The van der Waals surface area contributed by atoms with Crippen molar-refractivity contribution in [2.24, 2.45) is 17.2 Å². The Morgan fingerprint density at radius 2 is 1.85 bits per heavy atom. The fourth-order valence-electron chi connectivity index (χ4n) is 2.34. The Morgan fingerprint density at radius 1 is 1.23 bits per heavy atom. The fraction of sp³-hybridized carbons (Fsp3) is 0.579. The molecule has 148 valence electrons. The maximum absolute atomic E-state index is 10.2. The number of aldehydes is 1. The summed E-state index contributed by atoms with van der Waals surface area (Å²) in [6.45, 7) is 0.604. The molecule has 0 bridgehead atoms. The maximum Gasteiger partial charge on any atom is 0.320 e. The van der Waals surface area contributed by atoms with Crippen molar-refractivity contribution in [3.8, 4) is 0 Å². The molecule has 1 aliphatic carbocycles. The van der Waals surface area contributed by atoms with Gasteiger partial charge in [-0.15, -0.1) is 0 Å². The molecule has 6 nitrogen and oxygen atoms in total. The van der Waals surface area contributed by atoms with E-state index in [1.165, 1.54) is 32.1 Å². The van der Waals surface area contributed by atoms with Gasteiger partial charge in [0.25, 0.3) is 0 Å². The van der Waals surface area contributed by atoms with E-state index in [0.717, 1.165) is 23.6 Å². The van der Waals surface area contributed by atoms with E-state index in [1.54, 1.807) is 6.07 Å². The number of unbranched alkanes of at least 4 members (excludes halogenated alkanes) is 1. The second kappa shape index (κ2) is 15.9. The van der Waals surface area contributed by atoms with Gasteiger partial charge in [0, 0.05) is 16.1 Å². The van der Waals surface area contributed by atoms with E-state index in [1.807, 2.05) is 18.2 Å². The second-order valence-corrected chi connectivity index (χ2v) is 7.12. The largest absolute Gasteiger partial charge is 0.480 e. The number of halogens is 1. The Balaban J connectivity index is 0.000000365. The zero-order chi connectivity index (χ0) is 19.8. The van der Waals surface area contributed by atoms with Crippen LogP contribution < -0.4 is 17.2 Å². The van der Waals surface area contributed by atoms with Crippen molar-refractivity contribution in [3.05, 3.63) is 34.3 Å². The van der Waals surface area contributed by atoms with Crippen LogP contribution in [0.2, 0.25) is 0 Å². The first-order valence-electron chi connectivity index (χ1n) is 9.06. The predicted octanol–water partition coefficient (Wildman–Crippen LogP) is 3.07. The lowest BCUT2D eigenvalue weighted by Gasteiger charge is -2.15. The summed E-state index contributed by atoms with van der Waals surface area (Å²) in [7, 11) is 0. The minimum atomic E-state index is -0.933. The number of carbonyl (C=O) groups excluding carboxylic acids is 1. The third-order valence-electron chi connectivity index (χ3n) is 3.97. The standard InChI is InChI=1S/C7H5BrO.C6H14N2O2.C6H13N/c8-7-4-2-1-3-6(7)5-9;7-4-2-1-3-5(8)6(9)10;7-6-4-2-1-3-5-6/h1-5H;5H,1-4,7-8H2,(H,9,10);6H,1-5,7H2. The summed E-state index contributed by atoms with van der Waals surface area (Å²) in [5.74, 6) is -0.933. The normalized spacial score (nSPS) is 14.9. The van der Waals surface area contributed by atoms with E-state index in [2.05, 4.69) is 15.9 Å². The Bertz CT molecular complexity index is 509. The highest BCUT2D eigenvalue weighted by molar-refractivity contribution is 9.10. The van der Waals surface area contributed by atoms with Crippen molar-refractivity contribution in [1.29, 1.82) is 0 Å². The summed E-state index contributed by atoms with van der Waals surface area (Å²) in [5, 5.41) is 8.33. The van der Waals surface area contributed by atoms with Crippen LogP contribution in [0.4, 0.5) is 0 Å². The van der Waals surface area contributed by atoms with Gasteiger partial charge < -0.3 is 22.3 Å². The van der Waals surface area contributed by atoms with Crippen LogP contribution >= 0.6 is 15.9 Å². The molecule has 0 radical (unpaired) electrons. The zero-order valence-corrected chi connectivity index (χ0v) is 16.9. The molecule has 1 atom stereocenters. The van der Waals surface area contributed by atoms with Crippen LogP contribution in [0.1, 0.15) is 61.7 Å². The number of nitrogens with two attached hydrogens (primary N) is 3. The molecule has 1 fully saturated rings. The average molecular weight is 430 g/mol. The van der Waals surface area contributed by atoms with Crippen molar-refractivity contribution in [3.63, 3.8) is 0 Å². The lowest BCUT2D eigenvalue weighted by molar-refractivity contribution is -0.138. The van der Waals surface area contributed by atoms with E-state index in [0.29, 0.717) is 24.6 Å². The van der Waals surface area contributed by atoms with Gasteiger partial charge in [0.1, 0.15) is 6.04 Å². The molecule has 1 aliphatic rings. The second-order valence-electron chi connectivity index (χ2n) is 6.27. The molecular formula is C19H32BrN3O3. The maximum atomic E-state index is 10.2. The van der Waals surface area contributed by atoms with Gasteiger partial charge in [-0.3, -0.25) is 9.59 Å². The first-order valence-corrected chi connectivity index (χ1v) is 9.85. The van der Waals surface area contributed by atoms with Crippen LogP contribution in [-0.2, 0) is 4.79 Å². The van der Waals surface area contributed by atoms with Gasteiger partial charge in [-0.05, 0) is 38.3 Å². The lowest BCUT2D eigenvalue weighted by Crippen LogP contribution is -2.29. The van der Waals surface area contributed by atoms with Crippen LogP contribution in [0.3, 0.4) is 0 Å². The summed E-state index contributed by atoms with van der Waals surface area (Å²) in [6.07, 6.45) is 9.65. The van der Waals surface area contributed by atoms with Crippen LogP contribution in [0, 0.1) is 0 Å². The van der Waals surface area contributed by atoms with Gasteiger partial charge >= 0.3 is 5.97 Å². The summed E-state index contributed by atoms with van der Waals surface area (Å²) in [5.41, 5.74) is 16.7. The molecule has 7 N–H and O–H groups in total. The first-order chi connectivity index (χ1) is 12.4. The Kier molecular flexibility index (Phi) is 15.2. The van der Waals surface area contributed by atoms with Gasteiger partial charge in [-0.1, -0.05) is 59.8 Å². The number of carbonyl (C=O) groups is 2. The summed E-state index contributed by atoms with van der Waals surface area (Å²) >= 11 is 3.23. The Morgan fingerprint density at radius 3 is 2.23 bits per heavy atom. The number of benzene rings is 1. The van der Waals surface area contributed by atoms with Crippen molar-refractivity contribution in [2.45, 2.75) is 63.5 Å².